The fourth-order valence-electron chi connectivity index (χ4n) is 2.07. The maximum Gasteiger partial charge on any atom is 0.329 e. The molecule has 0 unspecified atom stereocenters. The Morgan fingerprint density at radius 3 is 2.48 bits per heavy atom. The summed E-state index contributed by atoms with van der Waals surface area (Å²) in [5.74, 6) is -1.55. The van der Waals surface area contributed by atoms with E-state index in [1.807, 2.05) is 56.3 Å². The zero-order chi connectivity index (χ0) is 16.7. The van der Waals surface area contributed by atoms with Crippen molar-refractivity contribution in [3.05, 3.63) is 65.2 Å². The number of aryl methyl sites for hydroxylation is 2. The number of para-hydroxylation sites is 1. The van der Waals surface area contributed by atoms with Gasteiger partial charge in [0.2, 0.25) is 0 Å². The van der Waals surface area contributed by atoms with E-state index in [1.54, 1.807) is 6.07 Å². The summed E-state index contributed by atoms with van der Waals surface area (Å²) in [4.78, 5) is 23.7. The lowest BCUT2D eigenvalue weighted by Gasteiger charge is -2.08. The second-order valence-corrected chi connectivity index (χ2v) is 5.02. The minimum atomic E-state index is -0.805. The smallest absolute Gasteiger partial charge is 0.317 e. The van der Waals surface area contributed by atoms with Gasteiger partial charge < -0.3 is 5.32 Å². The van der Waals surface area contributed by atoms with Crippen molar-refractivity contribution in [1.82, 2.24) is 5.43 Å². The highest BCUT2D eigenvalue weighted by molar-refractivity contribution is 6.39. The molecule has 2 amide bonds. The molecular formula is C18H19N3O2. The van der Waals surface area contributed by atoms with Crippen LogP contribution in [0.25, 0.3) is 0 Å². The van der Waals surface area contributed by atoms with Crippen molar-refractivity contribution in [3.8, 4) is 0 Å². The molecule has 0 aliphatic carbocycles. The van der Waals surface area contributed by atoms with E-state index in [4.69, 9.17) is 0 Å². The van der Waals surface area contributed by atoms with E-state index in [1.165, 1.54) is 6.21 Å². The van der Waals surface area contributed by atoms with Gasteiger partial charge in [-0.25, -0.2) is 5.43 Å². The van der Waals surface area contributed by atoms with Gasteiger partial charge in [-0.15, -0.1) is 0 Å². The van der Waals surface area contributed by atoms with E-state index < -0.39 is 11.8 Å². The summed E-state index contributed by atoms with van der Waals surface area (Å²) in [5, 5.41) is 6.42. The van der Waals surface area contributed by atoms with Crippen LogP contribution in [-0.4, -0.2) is 18.0 Å². The number of rotatable bonds is 4. The number of hydrogen-bond acceptors (Lipinski definition) is 3. The first-order chi connectivity index (χ1) is 11.1. The van der Waals surface area contributed by atoms with Gasteiger partial charge in [0.15, 0.2) is 0 Å². The van der Waals surface area contributed by atoms with Crippen LogP contribution < -0.4 is 10.7 Å². The molecule has 0 spiro atoms. The molecule has 5 heteroatoms. The summed E-state index contributed by atoms with van der Waals surface area (Å²) in [7, 11) is 0. The van der Waals surface area contributed by atoms with Gasteiger partial charge in [-0.05, 0) is 36.1 Å². The third-order valence-corrected chi connectivity index (χ3v) is 3.41. The number of carbonyl (C=O) groups is 2. The van der Waals surface area contributed by atoms with E-state index in [0.29, 0.717) is 5.69 Å². The lowest BCUT2D eigenvalue weighted by molar-refractivity contribution is -0.136. The standard InChI is InChI=1S/C18H19N3O2/c1-3-14-9-6-7-11-16(14)20-17(22)18(23)21-19-12-15-10-5-4-8-13(15)2/h4-12H,3H2,1-2H3,(H,20,22)(H,21,23)/b19-12+. The van der Waals surface area contributed by atoms with Crippen LogP contribution in [0.2, 0.25) is 0 Å². The second-order valence-electron chi connectivity index (χ2n) is 5.02. The minimum absolute atomic E-state index is 0.637. The van der Waals surface area contributed by atoms with Crippen LogP contribution in [0.5, 0.6) is 0 Å². The van der Waals surface area contributed by atoms with Gasteiger partial charge in [0.1, 0.15) is 0 Å². The van der Waals surface area contributed by atoms with Gasteiger partial charge in [0.25, 0.3) is 0 Å². The third kappa shape index (κ3) is 4.51. The van der Waals surface area contributed by atoms with Crippen LogP contribution in [0, 0.1) is 6.92 Å². The predicted octanol–water partition coefficient (Wildman–Crippen LogP) is 2.65. The van der Waals surface area contributed by atoms with E-state index in [0.717, 1.165) is 23.1 Å². The van der Waals surface area contributed by atoms with Gasteiger partial charge in [-0.3, -0.25) is 9.59 Å². The molecule has 0 aromatic heterocycles. The van der Waals surface area contributed by atoms with Gasteiger partial charge in [-0.2, -0.15) is 5.10 Å². The Morgan fingerprint density at radius 1 is 1.04 bits per heavy atom. The molecule has 2 aromatic carbocycles. The second kappa shape index (κ2) is 7.89. The van der Waals surface area contributed by atoms with E-state index in [-0.39, 0.29) is 0 Å². The number of benzene rings is 2. The molecule has 118 valence electrons. The molecule has 2 rings (SSSR count). The topological polar surface area (TPSA) is 70.6 Å². The molecule has 0 aliphatic heterocycles. The molecule has 2 aromatic rings. The summed E-state index contributed by atoms with van der Waals surface area (Å²) in [5.41, 5.74) is 5.75. The molecule has 0 saturated heterocycles. The molecule has 0 saturated carbocycles. The van der Waals surface area contributed by atoms with Gasteiger partial charge in [0, 0.05) is 5.69 Å². The Bertz CT molecular complexity index is 739. The largest absolute Gasteiger partial charge is 0.329 e. The maximum atomic E-state index is 11.9. The van der Waals surface area contributed by atoms with Crippen LogP contribution >= 0.6 is 0 Å². The molecule has 0 radical (unpaired) electrons. The predicted molar refractivity (Wildman–Crippen MR) is 91.4 cm³/mol. The summed E-state index contributed by atoms with van der Waals surface area (Å²) in [6.07, 6.45) is 2.28. The van der Waals surface area contributed by atoms with Crippen molar-refractivity contribution in [3.63, 3.8) is 0 Å². The molecule has 23 heavy (non-hydrogen) atoms. The zero-order valence-electron chi connectivity index (χ0n) is 13.2. The number of anilines is 1. The average Bonchev–Trinajstić information content (AvgIpc) is 2.57. The van der Waals surface area contributed by atoms with Gasteiger partial charge in [-0.1, -0.05) is 49.4 Å². The molecular weight excluding hydrogens is 290 g/mol. The average molecular weight is 309 g/mol. The zero-order valence-corrected chi connectivity index (χ0v) is 13.2. The number of hydrogen-bond donors (Lipinski definition) is 2. The lowest BCUT2D eigenvalue weighted by atomic mass is 10.1. The Hall–Kier alpha value is -2.95. The lowest BCUT2D eigenvalue weighted by Crippen LogP contribution is -2.32. The van der Waals surface area contributed by atoms with Crippen molar-refractivity contribution in [2.75, 3.05) is 5.32 Å². The normalized spacial score (nSPS) is 10.5. The Morgan fingerprint density at radius 2 is 1.74 bits per heavy atom. The van der Waals surface area contributed by atoms with Gasteiger partial charge in [0.05, 0.1) is 6.21 Å². The molecule has 2 N–H and O–H groups in total. The molecule has 0 fully saturated rings. The molecule has 0 bridgehead atoms. The first-order valence-corrected chi connectivity index (χ1v) is 7.39. The summed E-state index contributed by atoms with van der Waals surface area (Å²) >= 11 is 0. The van der Waals surface area contributed by atoms with Crippen LogP contribution in [0.15, 0.2) is 53.6 Å². The minimum Gasteiger partial charge on any atom is -0.317 e. The van der Waals surface area contributed by atoms with Crippen LogP contribution in [0.3, 0.4) is 0 Å². The van der Waals surface area contributed by atoms with Crippen molar-refractivity contribution in [1.29, 1.82) is 0 Å². The fourth-order valence-corrected chi connectivity index (χ4v) is 2.07. The van der Waals surface area contributed by atoms with Crippen molar-refractivity contribution in [2.24, 2.45) is 5.10 Å². The SMILES string of the molecule is CCc1ccccc1NC(=O)C(=O)N/N=C/c1ccccc1C. The quantitative estimate of drug-likeness (QED) is 0.518. The molecule has 0 heterocycles. The van der Waals surface area contributed by atoms with Crippen molar-refractivity contribution in [2.45, 2.75) is 20.3 Å². The highest BCUT2D eigenvalue weighted by Gasteiger charge is 2.14. The number of carbonyl (C=O) groups excluding carboxylic acids is 2. The highest BCUT2D eigenvalue weighted by atomic mass is 16.2. The Kier molecular flexibility index (Phi) is 5.63. The Balaban J connectivity index is 1.95. The number of hydrazone groups is 1. The van der Waals surface area contributed by atoms with Crippen LogP contribution in [0.1, 0.15) is 23.6 Å². The number of amides is 2. The summed E-state index contributed by atoms with van der Waals surface area (Å²) in [6.45, 7) is 3.93. The first-order valence-electron chi connectivity index (χ1n) is 7.39. The molecule has 0 atom stereocenters. The van der Waals surface area contributed by atoms with Crippen molar-refractivity contribution < 1.29 is 9.59 Å². The monoisotopic (exact) mass is 309 g/mol. The maximum absolute atomic E-state index is 11.9. The first kappa shape index (κ1) is 16.4. The van der Waals surface area contributed by atoms with E-state index in [9.17, 15) is 9.59 Å². The van der Waals surface area contributed by atoms with E-state index >= 15 is 0 Å². The number of nitrogens with one attached hydrogen (secondary N) is 2. The highest BCUT2D eigenvalue weighted by Crippen LogP contribution is 2.15. The number of nitrogens with zero attached hydrogens (tertiary/aromatic N) is 1. The fraction of sp³-hybridized carbons (Fsp3) is 0.167. The molecule has 0 aliphatic rings. The van der Waals surface area contributed by atoms with Gasteiger partial charge >= 0.3 is 11.8 Å². The molecule has 5 nitrogen and oxygen atoms in total. The van der Waals surface area contributed by atoms with Crippen LogP contribution in [-0.2, 0) is 16.0 Å². The summed E-state index contributed by atoms with van der Waals surface area (Å²) < 4.78 is 0. The van der Waals surface area contributed by atoms with Crippen LogP contribution in [0.4, 0.5) is 5.69 Å². The van der Waals surface area contributed by atoms with Crippen molar-refractivity contribution >= 4 is 23.7 Å². The summed E-state index contributed by atoms with van der Waals surface area (Å²) in [6, 6.07) is 15.0. The van der Waals surface area contributed by atoms with E-state index in [2.05, 4.69) is 15.8 Å². The third-order valence-electron chi connectivity index (χ3n) is 3.41. The Labute approximate surface area is 135 Å².